The number of likely N-dealkylation sites (tertiary alicyclic amines) is 2. The third-order valence-electron chi connectivity index (χ3n) is 6.48. The lowest BCUT2D eigenvalue weighted by atomic mass is 9.97. The van der Waals surface area contributed by atoms with Gasteiger partial charge in [-0.2, -0.15) is 0 Å². The second-order valence-corrected chi connectivity index (χ2v) is 9.46. The normalized spacial score (nSPS) is 20.4. The van der Waals surface area contributed by atoms with Gasteiger partial charge in [0.05, 0.1) is 6.04 Å². The molecule has 1 aromatic heterocycles. The maximum Gasteiger partial charge on any atom is 0.434 e. The van der Waals surface area contributed by atoms with Crippen molar-refractivity contribution >= 4 is 29.3 Å². The molecule has 0 radical (unpaired) electrons. The van der Waals surface area contributed by atoms with E-state index in [2.05, 4.69) is 29.2 Å². The van der Waals surface area contributed by atoms with Crippen LogP contribution in [0.15, 0.2) is 60.7 Å². The predicted molar refractivity (Wildman–Crippen MR) is 125 cm³/mol. The number of hydrogen-bond acceptors (Lipinski definition) is 5. The van der Waals surface area contributed by atoms with Gasteiger partial charge in [-0.25, -0.2) is 4.79 Å². The molecule has 3 aromatic rings. The van der Waals surface area contributed by atoms with Crippen LogP contribution in [0.1, 0.15) is 17.2 Å². The van der Waals surface area contributed by atoms with Gasteiger partial charge in [-0.05, 0) is 47.2 Å². The average molecular weight is 488 g/mol. The molecule has 33 heavy (non-hydrogen) atoms. The maximum atomic E-state index is 12.6. The first-order valence-electron chi connectivity index (χ1n) is 10.7. The Morgan fingerprint density at radius 2 is 1.24 bits per heavy atom. The number of aromatic hydroxyl groups is 2. The molecule has 0 aliphatic carbocycles. The molecule has 2 N–H and O–H groups in total. The fourth-order valence-electron chi connectivity index (χ4n) is 4.92. The van der Waals surface area contributed by atoms with Crippen LogP contribution in [-0.4, -0.2) is 57.0 Å². The van der Waals surface area contributed by atoms with Crippen molar-refractivity contribution < 1.29 is 19.8 Å². The Morgan fingerprint density at radius 3 is 1.70 bits per heavy atom. The lowest BCUT2D eigenvalue weighted by molar-refractivity contribution is 0.0770. The first-order chi connectivity index (χ1) is 15.9. The van der Waals surface area contributed by atoms with Gasteiger partial charge >= 0.3 is 6.09 Å². The van der Waals surface area contributed by atoms with E-state index in [1.54, 1.807) is 4.90 Å². The molecule has 2 saturated heterocycles. The number of halogens is 2. The van der Waals surface area contributed by atoms with Gasteiger partial charge < -0.3 is 20.0 Å². The highest BCUT2D eigenvalue weighted by molar-refractivity contribution is 6.30. The molecular formula is C24H23Cl2N3O4. The van der Waals surface area contributed by atoms with Crippen molar-refractivity contribution in [3.8, 4) is 11.8 Å². The highest BCUT2D eigenvalue weighted by Crippen LogP contribution is 2.39. The lowest BCUT2D eigenvalue weighted by Crippen LogP contribution is -2.38. The molecule has 2 aromatic carbocycles. The van der Waals surface area contributed by atoms with Crippen LogP contribution in [0.2, 0.25) is 10.0 Å². The van der Waals surface area contributed by atoms with Gasteiger partial charge in [-0.15, -0.1) is 4.73 Å². The summed E-state index contributed by atoms with van der Waals surface area (Å²) in [6.45, 7) is 2.75. The molecule has 2 aliphatic rings. The van der Waals surface area contributed by atoms with Gasteiger partial charge in [0.25, 0.3) is 0 Å². The van der Waals surface area contributed by atoms with E-state index in [0.29, 0.717) is 35.0 Å². The number of aromatic nitrogens is 1. The van der Waals surface area contributed by atoms with E-state index in [9.17, 15) is 15.0 Å². The Labute approximate surface area is 201 Å². The Bertz CT molecular complexity index is 1070. The molecule has 2 atom stereocenters. The van der Waals surface area contributed by atoms with Crippen molar-refractivity contribution in [3.63, 3.8) is 0 Å². The smallest absolute Gasteiger partial charge is 0.434 e. The van der Waals surface area contributed by atoms with Gasteiger partial charge in [-0.3, -0.25) is 4.90 Å². The van der Waals surface area contributed by atoms with E-state index in [0.717, 1.165) is 28.9 Å². The predicted octanol–water partition coefficient (Wildman–Crippen LogP) is 4.41. The van der Waals surface area contributed by atoms with Crippen LogP contribution in [0.25, 0.3) is 0 Å². The number of carbonyl (C=O) groups is 1. The summed E-state index contributed by atoms with van der Waals surface area (Å²) in [5, 5.41) is 20.8. The number of nitrogens with zero attached hydrogens (tertiary/aromatic N) is 3. The quantitative estimate of drug-likeness (QED) is 0.569. The van der Waals surface area contributed by atoms with Crippen molar-refractivity contribution in [2.45, 2.75) is 6.04 Å². The molecule has 9 heteroatoms. The van der Waals surface area contributed by atoms with E-state index in [4.69, 9.17) is 28.0 Å². The van der Waals surface area contributed by atoms with Gasteiger partial charge in [0.1, 0.15) is 0 Å². The number of fused-ring (bicyclic) bond motifs is 1. The zero-order valence-electron chi connectivity index (χ0n) is 17.6. The standard InChI is InChI=1S/C24H23Cl2N3O4/c25-19-5-1-15(2-6-19)23(16-3-7-20(26)8-4-16)27-11-17-13-28(14-18(17)12-27)24(32)33-29-21(30)9-10-22(29)31/h1-10,17-18,23,30-31H,11-14H2. The van der Waals surface area contributed by atoms with E-state index >= 15 is 0 Å². The summed E-state index contributed by atoms with van der Waals surface area (Å²) >= 11 is 12.2. The van der Waals surface area contributed by atoms with Crippen LogP contribution in [0.4, 0.5) is 4.79 Å². The molecule has 1 amide bonds. The summed E-state index contributed by atoms with van der Waals surface area (Å²) < 4.78 is 0.722. The van der Waals surface area contributed by atoms with E-state index < -0.39 is 6.09 Å². The Morgan fingerprint density at radius 1 is 0.788 bits per heavy atom. The first-order valence-corrected chi connectivity index (χ1v) is 11.5. The molecule has 2 aliphatic heterocycles. The minimum atomic E-state index is -0.593. The molecule has 2 unspecified atom stereocenters. The van der Waals surface area contributed by atoms with Crippen molar-refractivity contribution in [2.24, 2.45) is 11.8 Å². The largest absolute Gasteiger partial charge is 0.492 e. The average Bonchev–Trinajstić information content (AvgIpc) is 3.46. The van der Waals surface area contributed by atoms with Crippen molar-refractivity contribution in [1.82, 2.24) is 14.5 Å². The molecule has 0 saturated carbocycles. The topological polar surface area (TPSA) is 78.2 Å². The third-order valence-corrected chi connectivity index (χ3v) is 6.98. The fraction of sp³-hybridized carbons (Fsp3) is 0.292. The summed E-state index contributed by atoms with van der Waals surface area (Å²) in [4.78, 5) is 21.8. The molecule has 0 spiro atoms. The van der Waals surface area contributed by atoms with Gasteiger partial charge in [0.15, 0.2) is 0 Å². The van der Waals surface area contributed by atoms with Crippen molar-refractivity contribution in [2.75, 3.05) is 26.2 Å². The zero-order chi connectivity index (χ0) is 23.1. The van der Waals surface area contributed by atoms with Crippen LogP contribution in [0.5, 0.6) is 11.8 Å². The number of rotatable bonds is 4. The van der Waals surface area contributed by atoms with Gasteiger partial charge in [0.2, 0.25) is 11.8 Å². The highest BCUT2D eigenvalue weighted by atomic mass is 35.5. The summed E-state index contributed by atoms with van der Waals surface area (Å²) in [5.41, 5.74) is 2.30. The zero-order valence-corrected chi connectivity index (χ0v) is 19.2. The van der Waals surface area contributed by atoms with Crippen LogP contribution in [0, 0.1) is 11.8 Å². The van der Waals surface area contributed by atoms with Crippen molar-refractivity contribution in [1.29, 1.82) is 0 Å². The summed E-state index contributed by atoms with van der Waals surface area (Å²) in [6.07, 6.45) is -0.593. The molecule has 0 bridgehead atoms. The molecule has 7 nitrogen and oxygen atoms in total. The Balaban J connectivity index is 1.31. The summed E-state index contributed by atoms with van der Waals surface area (Å²) in [5.74, 6) is -0.0709. The SMILES string of the molecule is O=C(On1c(O)ccc1O)N1CC2CN(C(c3ccc(Cl)cc3)c3ccc(Cl)cc3)CC2C1. The lowest BCUT2D eigenvalue weighted by Gasteiger charge is -2.30. The molecule has 5 rings (SSSR count). The number of hydrogen-bond donors (Lipinski definition) is 2. The number of amides is 1. The van der Waals surface area contributed by atoms with Crippen LogP contribution in [0.3, 0.4) is 0 Å². The minimum Gasteiger partial charge on any atom is -0.492 e. The molecule has 172 valence electrons. The summed E-state index contributed by atoms with van der Waals surface area (Å²) in [6, 6.07) is 18.4. The van der Waals surface area contributed by atoms with Gasteiger partial charge in [0, 0.05) is 48.4 Å². The second kappa shape index (κ2) is 8.82. The Kier molecular flexibility index (Phi) is 5.86. The third kappa shape index (κ3) is 4.36. The van der Waals surface area contributed by atoms with Gasteiger partial charge in [-0.1, -0.05) is 47.5 Å². The van der Waals surface area contributed by atoms with E-state index in [1.807, 2.05) is 24.3 Å². The van der Waals surface area contributed by atoms with E-state index in [-0.39, 0.29) is 17.8 Å². The first kappa shape index (κ1) is 21.9. The van der Waals surface area contributed by atoms with Crippen LogP contribution in [-0.2, 0) is 0 Å². The number of carbonyl (C=O) groups excluding carboxylic acids is 1. The highest BCUT2D eigenvalue weighted by Gasteiger charge is 2.44. The monoisotopic (exact) mass is 487 g/mol. The minimum absolute atomic E-state index is 0.0549. The Hall–Kier alpha value is -2.87. The van der Waals surface area contributed by atoms with E-state index in [1.165, 1.54) is 12.1 Å². The maximum absolute atomic E-state index is 12.6. The molecule has 2 fully saturated rings. The molecular weight excluding hydrogens is 465 g/mol. The molecule has 3 heterocycles. The fourth-order valence-corrected chi connectivity index (χ4v) is 5.18. The van der Waals surface area contributed by atoms with Crippen LogP contribution < -0.4 is 4.84 Å². The summed E-state index contributed by atoms with van der Waals surface area (Å²) in [7, 11) is 0. The second-order valence-electron chi connectivity index (χ2n) is 8.59. The number of benzene rings is 2. The van der Waals surface area contributed by atoms with Crippen molar-refractivity contribution in [3.05, 3.63) is 81.8 Å². The van der Waals surface area contributed by atoms with Crippen LogP contribution >= 0.6 is 23.2 Å².